The fourth-order valence-electron chi connectivity index (χ4n) is 2.83. The van der Waals surface area contributed by atoms with Gasteiger partial charge in [0.05, 0.1) is 0 Å². The third kappa shape index (κ3) is 3.80. The van der Waals surface area contributed by atoms with Gasteiger partial charge in [-0.05, 0) is 10.4 Å². The summed E-state index contributed by atoms with van der Waals surface area (Å²) in [5.41, 5.74) is 0. The predicted molar refractivity (Wildman–Crippen MR) is 109 cm³/mol. The van der Waals surface area contributed by atoms with Crippen molar-refractivity contribution in [2.24, 2.45) is 0 Å². The highest BCUT2D eigenvalue weighted by Crippen LogP contribution is 2.42. The van der Waals surface area contributed by atoms with E-state index < -0.39 is 27.2 Å². The summed E-state index contributed by atoms with van der Waals surface area (Å²) in [5.74, 6) is 0. The van der Waals surface area contributed by atoms with Crippen LogP contribution in [-0.2, 0) is 4.12 Å². The van der Waals surface area contributed by atoms with E-state index in [0.717, 1.165) is 10.4 Å². The van der Waals surface area contributed by atoms with Gasteiger partial charge in [0.2, 0.25) is 0 Å². The molecule has 0 saturated carbocycles. The topological polar surface area (TPSA) is 49.7 Å². The van der Waals surface area contributed by atoms with Crippen LogP contribution in [0.5, 0.6) is 0 Å². The van der Waals surface area contributed by atoms with Gasteiger partial charge in [0.1, 0.15) is 0 Å². The maximum Gasteiger partial charge on any atom is 0.366 e. The smallest absolute Gasteiger partial charge is 0.366 e. The molecule has 2 rings (SSSR count). The monoisotopic (exact) mass is 374 g/mol. The zero-order chi connectivity index (χ0) is 18.9. The molecule has 0 amide bonds. The molecule has 25 heavy (non-hydrogen) atoms. The second-order valence-corrected chi connectivity index (χ2v) is 16.2. The lowest BCUT2D eigenvalue weighted by atomic mass is 10.2. The van der Waals surface area contributed by atoms with Crippen molar-refractivity contribution in [3.63, 3.8) is 0 Å². The fraction of sp³-hybridized carbons (Fsp3) is 0.400. The van der Waals surface area contributed by atoms with Crippen molar-refractivity contribution in [3.05, 3.63) is 60.7 Å². The van der Waals surface area contributed by atoms with Crippen LogP contribution in [0, 0.1) is 0 Å². The maximum absolute atomic E-state index is 11.8. The van der Waals surface area contributed by atoms with Crippen LogP contribution in [0.15, 0.2) is 60.7 Å². The van der Waals surface area contributed by atoms with Crippen LogP contribution in [0.2, 0.25) is 10.1 Å². The Hall–Kier alpha value is -1.25. The van der Waals surface area contributed by atoms with Crippen LogP contribution in [0.4, 0.5) is 0 Å². The van der Waals surface area contributed by atoms with Crippen molar-refractivity contribution in [1.29, 1.82) is 0 Å². The Morgan fingerprint density at radius 3 is 1.12 bits per heavy atom. The highest BCUT2D eigenvalue weighted by atomic mass is 28.5. The summed E-state index contributed by atoms with van der Waals surface area (Å²) in [6.07, 6.45) is 0. The van der Waals surface area contributed by atoms with E-state index in [2.05, 4.69) is 0 Å². The molecular formula is C20H30O3Si2. The molecule has 3 nitrogen and oxygen atoms in total. The maximum atomic E-state index is 11.8. The number of hydrogen-bond donors (Lipinski definition) is 2. The van der Waals surface area contributed by atoms with Crippen LogP contribution < -0.4 is 10.4 Å². The zero-order valence-electron chi connectivity index (χ0n) is 16.1. The Kier molecular flexibility index (Phi) is 5.47. The first kappa shape index (κ1) is 20.1. The van der Waals surface area contributed by atoms with Crippen molar-refractivity contribution < 1.29 is 13.7 Å². The average molecular weight is 375 g/mol. The third-order valence-electron chi connectivity index (χ3n) is 4.66. The number of hydrogen-bond acceptors (Lipinski definition) is 3. The summed E-state index contributed by atoms with van der Waals surface area (Å²) < 4.78 is 6.52. The van der Waals surface area contributed by atoms with Gasteiger partial charge in [-0.3, -0.25) is 0 Å². The zero-order valence-corrected chi connectivity index (χ0v) is 18.1. The van der Waals surface area contributed by atoms with Crippen LogP contribution in [0.3, 0.4) is 0 Å². The first-order valence-electron chi connectivity index (χ1n) is 8.68. The first-order valence-corrected chi connectivity index (χ1v) is 12.4. The minimum atomic E-state index is -3.44. The Labute approximate surface area is 153 Å². The van der Waals surface area contributed by atoms with E-state index in [0.29, 0.717) is 0 Å². The van der Waals surface area contributed by atoms with E-state index in [1.54, 1.807) is 0 Å². The lowest BCUT2D eigenvalue weighted by Gasteiger charge is -2.46. The van der Waals surface area contributed by atoms with Crippen molar-refractivity contribution >= 4 is 27.5 Å². The summed E-state index contributed by atoms with van der Waals surface area (Å²) in [6, 6.07) is 19.1. The van der Waals surface area contributed by atoms with Gasteiger partial charge in [-0.1, -0.05) is 102 Å². The quantitative estimate of drug-likeness (QED) is 0.808. The lowest BCUT2D eigenvalue weighted by molar-refractivity contribution is 0.271. The van der Waals surface area contributed by atoms with Gasteiger partial charge in [-0.25, -0.2) is 0 Å². The second kappa shape index (κ2) is 6.81. The Morgan fingerprint density at radius 1 is 0.600 bits per heavy atom. The van der Waals surface area contributed by atoms with Crippen LogP contribution in [-0.4, -0.2) is 26.7 Å². The van der Waals surface area contributed by atoms with Crippen LogP contribution in [0.25, 0.3) is 0 Å². The Bertz CT molecular complexity index is 631. The summed E-state index contributed by atoms with van der Waals surface area (Å²) in [7, 11) is -6.89. The summed E-state index contributed by atoms with van der Waals surface area (Å²) in [5, 5.41) is 0.590. The molecule has 2 aromatic carbocycles. The molecule has 0 aromatic heterocycles. The fourth-order valence-corrected chi connectivity index (χ4v) is 11.0. The third-order valence-corrected chi connectivity index (χ3v) is 13.3. The molecule has 136 valence electrons. The SMILES string of the molecule is CC(C)(C)[Si](O)(O[Si](O)(c1ccccc1)C(C)(C)C)c1ccccc1. The molecule has 2 aromatic rings. The highest BCUT2D eigenvalue weighted by Gasteiger charge is 2.59. The van der Waals surface area contributed by atoms with Crippen LogP contribution >= 0.6 is 0 Å². The van der Waals surface area contributed by atoms with E-state index in [-0.39, 0.29) is 0 Å². The number of benzene rings is 2. The summed E-state index contributed by atoms with van der Waals surface area (Å²) in [6.45, 7) is 11.9. The molecule has 0 aliphatic carbocycles. The molecule has 2 N–H and O–H groups in total. The molecule has 2 unspecified atom stereocenters. The van der Waals surface area contributed by atoms with E-state index in [9.17, 15) is 9.59 Å². The van der Waals surface area contributed by atoms with Crippen LogP contribution in [0.1, 0.15) is 41.5 Å². The van der Waals surface area contributed by atoms with Crippen molar-refractivity contribution in [3.8, 4) is 0 Å². The van der Waals surface area contributed by atoms with E-state index in [1.807, 2.05) is 102 Å². The van der Waals surface area contributed by atoms with E-state index in [1.165, 1.54) is 0 Å². The van der Waals surface area contributed by atoms with Crippen molar-refractivity contribution in [2.45, 2.75) is 51.6 Å². The second-order valence-electron chi connectivity index (χ2n) is 8.62. The van der Waals surface area contributed by atoms with Gasteiger partial charge in [-0.2, -0.15) is 0 Å². The average Bonchev–Trinajstić information content (AvgIpc) is 2.54. The molecule has 0 fully saturated rings. The lowest BCUT2D eigenvalue weighted by Crippen LogP contribution is -2.70. The molecule has 0 radical (unpaired) electrons. The van der Waals surface area contributed by atoms with Gasteiger partial charge in [0, 0.05) is 10.1 Å². The molecule has 0 spiro atoms. The Morgan fingerprint density at radius 2 is 0.880 bits per heavy atom. The van der Waals surface area contributed by atoms with Gasteiger partial charge in [0.15, 0.2) is 0 Å². The van der Waals surface area contributed by atoms with Crippen molar-refractivity contribution in [1.82, 2.24) is 0 Å². The van der Waals surface area contributed by atoms with E-state index >= 15 is 0 Å². The molecule has 0 bridgehead atoms. The molecule has 0 aliphatic rings. The Balaban J connectivity index is 2.63. The first-order chi connectivity index (χ1) is 11.4. The molecular weight excluding hydrogens is 344 g/mol. The molecule has 2 atom stereocenters. The minimum Gasteiger partial charge on any atom is -0.407 e. The minimum absolute atomic E-state index is 0.491. The summed E-state index contributed by atoms with van der Waals surface area (Å²) >= 11 is 0. The molecule has 5 heteroatoms. The predicted octanol–water partition coefficient (Wildman–Crippen LogP) is 3.29. The molecule has 0 aliphatic heterocycles. The van der Waals surface area contributed by atoms with Gasteiger partial charge in [0.25, 0.3) is 0 Å². The number of rotatable bonds is 4. The van der Waals surface area contributed by atoms with Gasteiger partial charge < -0.3 is 13.7 Å². The van der Waals surface area contributed by atoms with Crippen molar-refractivity contribution in [2.75, 3.05) is 0 Å². The highest BCUT2D eigenvalue weighted by molar-refractivity contribution is 6.94. The van der Waals surface area contributed by atoms with E-state index in [4.69, 9.17) is 4.12 Å². The standard InChI is InChI=1S/C20H30O3Si2/c1-19(2,3)24(21,17-13-9-7-10-14-17)23-25(22,20(4,5)6)18-15-11-8-12-16-18/h7-16,21-22H,1-6H3. The largest absolute Gasteiger partial charge is 0.407 e. The summed E-state index contributed by atoms with van der Waals surface area (Å²) in [4.78, 5) is 23.5. The molecule has 0 saturated heterocycles. The van der Waals surface area contributed by atoms with Gasteiger partial charge in [-0.15, -0.1) is 0 Å². The van der Waals surface area contributed by atoms with Gasteiger partial charge >= 0.3 is 17.1 Å². The molecule has 0 heterocycles. The normalized spacial score (nSPS) is 17.6.